The van der Waals surface area contributed by atoms with Crippen LogP contribution in [-0.2, 0) is 0 Å². The number of nitrogens with one attached hydrogen (secondary N) is 1. The first kappa shape index (κ1) is 16.4. The molecule has 3 rings (SSSR count). The normalized spacial score (nSPS) is 10.1. The Morgan fingerprint density at radius 2 is 1.96 bits per heavy atom. The van der Waals surface area contributed by atoms with E-state index >= 15 is 0 Å². The number of rotatable bonds is 5. The third-order valence-corrected chi connectivity index (χ3v) is 3.71. The minimum Gasteiger partial charge on any atom is -0.339 e. The summed E-state index contributed by atoms with van der Waals surface area (Å²) in [6.45, 7) is 4.83. The Morgan fingerprint density at radius 3 is 2.64 bits per heavy atom. The number of anilines is 4. The number of nitrogens with zero attached hydrogens (tertiary/aromatic N) is 5. The van der Waals surface area contributed by atoms with Crippen molar-refractivity contribution in [2.45, 2.75) is 13.8 Å². The van der Waals surface area contributed by atoms with Crippen LogP contribution >= 0.6 is 0 Å². The maximum atomic E-state index is 8.86. The fourth-order valence-electron chi connectivity index (χ4n) is 2.48. The van der Waals surface area contributed by atoms with Crippen LogP contribution < -0.4 is 10.2 Å². The molecular weight excluding hydrogens is 312 g/mol. The predicted octanol–water partition coefficient (Wildman–Crippen LogP) is 3.95. The first-order chi connectivity index (χ1) is 12.2. The first-order valence-electron chi connectivity index (χ1n) is 8.00. The van der Waals surface area contributed by atoms with Crippen LogP contribution in [0.15, 0.2) is 54.7 Å². The molecule has 1 aromatic heterocycles. The summed E-state index contributed by atoms with van der Waals surface area (Å²) in [5.41, 5.74) is 3.66. The Morgan fingerprint density at radius 1 is 1.16 bits per heavy atom. The molecule has 1 heterocycles. The SMILES string of the molecule is CCN(c1cccc(C)c1)c1nncc(Nc2ccc(C#N)cc2)n1. The smallest absolute Gasteiger partial charge is 0.251 e. The van der Waals surface area contributed by atoms with E-state index in [2.05, 4.69) is 45.6 Å². The van der Waals surface area contributed by atoms with Crippen LogP contribution in [-0.4, -0.2) is 21.7 Å². The van der Waals surface area contributed by atoms with E-state index in [1.54, 1.807) is 18.3 Å². The Bertz CT molecular complexity index is 898. The highest BCUT2D eigenvalue weighted by molar-refractivity contribution is 5.61. The van der Waals surface area contributed by atoms with Crippen molar-refractivity contribution in [1.82, 2.24) is 15.2 Å². The van der Waals surface area contributed by atoms with E-state index in [1.807, 2.05) is 36.1 Å². The van der Waals surface area contributed by atoms with Gasteiger partial charge in [0.05, 0.1) is 17.8 Å². The van der Waals surface area contributed by atoms with E-state index in [1.165, 1.54) is 5.56 Å². The molecule has 0 amide bonds. The molecule has 0 saturated heterocycles. The number of nitriles is 1. The molecule has 0 bridgehead atoms. The van der Waals surface area contributed by atoms with Gasteiger partial charge in [0.2, 0.25) is 0 Å². The number of aromatic nitrogens is 3. The summed E-state index contributed by atoms with van der Waals surface area (Å²) < 4.78 is 0. The molecule has 0 atom stereocenters. The van der Waals surface area contributed by atoms with Crippen molar-refractivity contribution in [2.75, 3.05) is 16.8 Å². The van der Waals surface area contributed by atoms with Gasteiger partial charge in [0.1, 0.15) is 0 Å². The molecule has 0 unspecified atom stereocenters. The average molecular weight is 330 g/mol. The van der Waals surface area contributed by atoms with Gasteiger partial charge in [-0.05, 0) is 55.8 Å². The Kier molecular flexibility index (Phi) is 4.86. The molecular formula is C19H18N6. The summed E-state index contributed by atoms with van der Waals surface area (Å²) in [6.07, 6.45) is 1.58. The maximum Gasteiger partial charge on any atom is 0.251 e. The molecule has 2 aromatic carbocycles. The van der Waals surface area contributed by atoms with Gasteiger partial charge in [-0.25, -0.2) is 0 Å². The quantitative estimate of drug-likeness (QED) is 0.763. The predicted molar refractivity (Wildman–Crippen MR) is 98.1 cm³/mol. The highest BCUT2D eigenvalue weighted by atomic mass is 15.3. The highest BCUT2D eigenvalue weighted by Gasteiger charge is 2.12. The molecule has 6 nitrogen and oxygen atoms in total. The molecule has 0 aliphatic rings. The van der Waals surface area contributed by atoms with Crippen LogP contribution in [0.1, 0.15) is 18.1 Å². The van der Waals surface area contributed by atoms with Crippen LogP contribution in [0.25, 0.3) is 0 Å². The number of aryl methyl sites for hydroxylation is 1. The monoisotopic (exact) mass is 330 g/mol. The van der Waals surface area contributed by atoms with E-state index in [-0.39, 0.29) is 0 Å². The number of hydrogen-bond acceptors (Lipinski definition) is 6. The van der Waals surface area contributed by atoms with Crippen LogP contribution in [0.3, 0.4) is 0 Å². The minimum absolute atomic E-state index is 0.534. The van der Waals surface area contributed by atoms with Crippen molar-refractivity contribution in [3.8, 4) is 6.07 Å². The highest BCUT2D eigenvalue weighted by Crippen LogP contribution is 2.23. The zero-order chi connectivity index (χ0) is 17.6. The summed E-state index contributed by atoms with van der Waals surface area (Å²) in [5.74, 6) is 1.13. The second-order valence-electron chi connectivity index (χ2n) is 5.54. The minimum atomic E-state index is 0.534. The third-order valence-electron chi connectivity index (χ3n) is 3.71. The fourth-order valence-corrected chi connectivity index (χ4v) is 2.48. The molecule has 0 fully saturated rings. The molecule has 0 radical (unpaired) electrons. The zero-order valence-corrected chi connectivity index (χ0v) is 14.1. The van der Waals surface area contributed by atoms with Crippen LogP contribution in [0.4, 0.5) is 23.1 Å². The van der Waals surface area contributed by atoms with Crippen LogP contribution in [0.2, 0.25) is 0 Å². The average Bonchev–Trinajstić information content (AvgIpc) is 2.63. The van der Waals surface area contributed by atoms with E-state index in [0.717, 1.165) is 17.9 Å². The van der Waals surface area contributed by atoms with Crippen LogP contribution in [0.5, 0.6) is 0 Å². The molecule has 25 heavy (non-hydrogen) atoms. The summed E-state index contributed by atoms with van der Waals surface area (Å²) in [5, 5.41) is 20.3. The van der Waals surface area contributed by atoms with Crippen molar-refractivity contribution in [3.05, 3.63) is 65.9 Å². The molecule has 0 aliphatic heterocycles. The molecule has 6 heteroatoms. The van der Waals surface area contributed by atoms with Crippen LogP contribution in [0, 0.1) is 18.3 Å². The summed E-state index contributed by atoms with van der Waals surface area (Å²) in [7, 11) is 0. The van der Waals surface area contributed by atoms with Gasteiger partial charge in [-0.1, -0.05) is 12.1 Å². The van der Waals surface area contributed by atoms with Crippen molar-refractivity contribution < 1.29 is 0 Å². The maximum absolute atomic E-state index is 8.86. The lowest BCUT2D eigenvalue weighted by molar-refractivity contribution is 0.886. The molecule has 0 saturated carbocycles. The summed E-state index contributed by atoms with van der Waals surface area (Å²) in [4.78, 5) is 6.57. The lowest BCUT2D eigenvalue weighted by atomic mass is 10.2. The van der Waals surface area contributed by atoms with Crippen molar-refractivity contribution >= 4 is 23.1 Å². The van der Waals surface area contributed by atoms with Gasteiger partial charge in [-0.15, -0.1) is 5.10 Å². The Labute approximate surface area is 146 Å². The largest absolute Gasteiger partial charge is 0.339 e. The van der Waals surface area contributed by atoms with Crippen molar-refractivity contribution in [2.24, 2.45) is 0 Å². The zero-order valence-electron chi connectivity index (χ0n) is 14.1. The summed E-state index contributed by atoms with van der Waals surface area (Å²) >= 11 is 0. The molecule has 0 spiro atoms. The third kappa shape index (κ3) is 3.90. The van der Waals surface area contributed by atoms with Gasteiger partial charge >= 0.3 is 0 Å². The van der Waals surface area contributed by atoms with Crippen molar-refractivity contribution in [3.63, 3.8) is 0 Å². The lowest BCUT2D eigenvalue weighted by Gasteiger charge is -2.21. The van der Waals surface area contributed by atoms with E-state index in [0.29, 0.717) is 17.3 Å². The van der Waals surface area contributed by atoms with Gasteiger partial charge in [0.15, 0.2) is 5.82 Å². The Balaban J connectivity index is 1.85. The summed E-state index contributed by atoms with van der Waals surface area (Å²) in [6, 6.07) is 17.5. The van der Waals surface area contributed by atoms with Crippen molar-refractivity contribution in [1.29, 1.82) is 5.26 Å². The van der Waals surface area contributed by atoms with Gasteiger partial charge in [0.25, 0.3) is 5.95 Å². The van der Waals surface area contributed by atoms with E-state index < -0.39 is 0 Å². The van der Waals surface area contributed by atoms with Gasteiger partial charge in [-0.2, -0.15) is 15.3 Å². The second-order valence-corrected chi connectivity index (χ2v) is 5.54. The molecule has 0 aliphatic carbocycles. The lowest BCUT2D eigenvalue weighted by Crippen LogP contribution is -2.19. The van der Waals surface area contributed by atoms with Gasteiger partial charge in [-0.3, -0.25) is 0 Å². The van der Waals surface area contributed by atoms with E-state index in [4.69, 9.17) is 5.26 Å². The second kappa shape index (κ2) is 7.41. The molecule has 3 aromatic rings. The number of hydrogen-bond donors (Lipinski definition) is 1. The fraction of sp³-hybridized carbons (Fsp3) is 0.158. The number of benzene rings is 2. The van der Waals surface area contributed by atoms with E-state index in [9.17, 15) is 0 Å². The standard InChI is InChI=1S/C19H18N6/c1-3-25(17-6-4-5-14(2)11-17)19-23-18(13-21-24-19)22-16-9-7-15(12-20)8-10-16/h4-11,13H,3H2,1-2H3,(H,22,23,24). The molecule has 1 N–H and O–H groups in total. The van der Waals surface area contributed by atoms with Gasteiger partial charge < -0.3 is 10.2 Å². The molecule has 124 valence electrons. The topological polar surface area (TPSA) is 77.7 Å². The van der Waals surface area contributed by atoms with Gasteiger partial charge in [0, 0.05) is 17.9 Å². The first-order valence-corrected chi connectivity index (χ1v) is 8.00. The Hall–Kier alpha value is -3.46.